The third kappa shape index (κ3) is 5.07. The normalized spacial score (nSPS) is 19.6. The molecule has 142 valence electrons. The number of aliphatic hydroxyl groups is 1. The fourth-order valence-electron chi connectivity index (χ4n) is 3.09. The van der Waals surface area contributed by atoms with Crippen LogP contribution in [0.2, 0.25) is 0 Å². The van der Waals surface area contributed by atoms with Crippen molar-refractivity contribution in [2.24, 2.45) is 0 Å². The van der Waals surface area contributed by atoms with Crippen LogP contribution in [0.3, 0.4) is 0 Å². The van der Waals surface area contributed by atoms with Gasteiger partial charge in [0.15, 0.2) is 0 Å². The first-order valence-electron chi connectivity index (χ1n) is 8.80. The highest BCUT2D eigenvalue weighted by molar-refractivity contribution is 5.92. The minimum absolute atomic E-state index is 0.1000. The number of hydrogen-bond donors (Lipinski definition) is 2. The van der Waals surface area contributed by atoms with Crippen molar-refractivity contribution in [3.63, 3.8) is 0 Å². The van der Waals surface area contributed by atoms with Crippen molar-refractivity contribution < 1.29 is 19.1 Å². The molecule has 1 aliphatic heterocycles. The van der Waals surface area contributed by atoms with E-state index in [-0.39, 0.29) is 30.4 Å². The lowest BCUT2D eigenvalue weighted by molar-refractivity contribution is -0.134. The largest absolute Gasteiger partial charge is 0.389 e. The van der Waals surface area contributed by atoms with E-state index in [0.717, 1.165) is 5.56 Å². The van der Waals surface area contributed by atoms with Gasteiger partial charge in [0.05, 0.1) is 18.3 Å². The second-order valence-corrected chi connectivity index (χ2v) is 6.50. The van der Waals surface area contributed by atoms with Gasteiger partial charge < -0.3 is 15.3 Å². The summed E-state index contributed by atoms with van der Waals surface area (Å²) in [5.74, 6) is -0.829. The summed E-state index contributed by atoms with van der Waals surface area (Å²) >= 11 is 0. The van der Waals surface area contributed by atoms with Crippen molar-refractivity contribution in [2.75, 3.05) is 13.1 Å². The average Bonchev–Trinajstić information content (AvgIpc) is 2.68. The van der Waals surface area contributed by atoms with E-state index in [1.54, 1.807) is 17.0 Å². The number of carbonyl (C=O) groups excluding carboxylic acids is 2. The van der Waals surface area contributed by atoms with Crippen LogP contribution < -0.4 is 5.32 Å². The average molecular weight is 372 g/mol. The monoisotopic (exact) mass is 372 g/mol. The van der Waals surface area contributed by atoms with E-state index >= 15 is 0 Å². The van der Waals surface area contributed by atoms with Crippen molar-refractivity contribution in [2.45, 2.75) is 31.4 Å². The van der Waals surface area contributed by atoms with Crippen LogP contribution in [0.5, 0.6) is 0 Å². The maximum absolute atomic E-state index is 13.2. The first-order valence-corrected chi connectivity index (χ1v) is 8.80. The lowest BCUT2D eigenvalue weighted by Gasteiger charge is -2.36. The molecule has 2 N–H and O–H groups in total. The number of aryl methyl sites for hydroxylation is 1. The molecule has 2 aromatic rings. The summed E-state index contributed by atoms with van der Waals surface area (Å²) in [7, 11) is 0. The van der Waals surface area contributed by atoms with Crippen molar-refractivity contribution in [3.8, 4) is 0 Å². The molecule has 0 aliphatic carbocycles. The molecule has 0 unspecified atom stereocenters. The molecule has 0 bridgehead atoms. The Bertz CT molecular complexity index is 803. The summed E-state index contributed by atoms with van der Waals surface area (Å²) < 4.78 is 13.2. The number of likely N-dealkylation sites (tertiary alicyclic amines) is 1. The molecule has 0 radical (unpaired) electrons. The zero-order chi connectivity index (χ0) is 19.2. The van der Waals surface area contributed by atoms with E-state index < -0.39 is 18.1 Å². The summed E-state index contributed by atoms with van der Waals surface area (Å²) in [5, 5.41) is 13.0. The lowest BCUT2D eigenvalue weighted by atomic mass is 10.0. The lowest BCUT2D eigenvalue weighted by Crippen LogP contribution is -2.55. The third-order valence-electron chi connectivity index (χ3n) is 4.56. The number of nitrogens with zero attached hydrogens (tertiary/aromatic N) is 3. The number of hydrogen-bond acceptors (Lipinski definition) is 5. The van der Waals surface area contributed by atoms with Gasteiger partial charge in [0.1, 0.15) is 11.5 Å². The van der Waals surface area contributed by atoms with Gasteiger partial charge in [0, 0.05) is 31.9 Å². The number of β-amino-alcohol motifs (C(OH)–C–C–N with tert-alkyl or cyclic N) is 1. The zero-order valence-corrected chi connectivity index (χ0v) is 14.7. The highest BCUT2D eigenvalue weighted by atomic mass is 19.1. The summed E-state index contributed by atoms with van der Waals surface area (Å²) in [5.41, 5.74) is 0.938. The molecule has 3 rings (SSSR count). The fourth-order valence-corrected chi connectivity index (χ4v) is 3.09. The van der Waals surface area contributed by atoms with E-state index in [0.29, 0.717) is 19.4 Å². The van der Waals surface area contributed by atoms with Gasteiger partial charge in [-0.15, -0.1) is 0 Å². The summed E-state index contributed by atoms with van der Waals surface area (Å²) in [4.78, 5) is 33.8. The van der Waals surface area contributed by atoms with Crippen LogP contribution in [0, 0.1) is 5.82 Å². The van der Waals surface area contributed by atoms with Crippen molar-refractivity contribution in [3.05, 3.63) is 59.9 Å². The van der Waals surface area contributed by atoms with Crippen LogP contribution in [-0.4, -0.2) is 57.0 Å². The number of amides is 2. The number of carbonyl (C=O) groups is 2. The van der Waals surface area contributed by atoms with E-state index in [4.69, 9.17) is 0 Å². The van der Waals surface area contributed by atoms with E-state index in [9.17, 15) is 19.1 Å². The zero-order valence-electron chi connectivity index (χ0n) is 14.7. The van der Waals surface area contributed by atoms with E-state index in [1.807, 2.05) is 0 Å². The maximum Gasteiger partial charge on any atom is 0.271 e. The second kappa shape index (κ2) is 8.68. The molecule has 0 spiro atoms. The Kier molecular flexibility index (Phi) is 6.08. The molecule has 0 saturated carbocycles. The van der Waals surface area contributed by atoms with Crippen molar-refractivity contribution in [1.82, 2.24) is 20.2 Å². The quantitative estimate of drug-likeness (QED) is 0.815. The Balaban J connectivity index is 1.49. The topological polar surface area (TPSA) is 95.4 Å². The standard InChI is InChI=1S/C19H21FN4O3/c20-14-3-1-2-13(10-14)4-5-18(26)24-9-6-15(17(25)12-24)23-19(27)16-11-21-7-8-22-16/h1-3,7-8,10-11,15,17,25H,4-6,9,12H2,(H,23,27)/t15-,17-/m1/s1. The summed E-state index contributed by atoms with van der Waals surface area (Å²) in [6.45, 7) is 0.581. The molecular formula is C19H21FN4O3. The molecular weight excluding hydrogens is 351 g/mol. The molecule has 1 aromatic heterocycles. The molecule has 2 atom stereocenters. The highest BCUT2D eigenvalue weighted by Crippen LogP contribution is 2.14. The Morgan fingerprint density at radius 2 is 2.19 bits per heavy atom. The molecule has 1 aliphatic rings. The molecule has 2 heterocycles. The predicted molar refractivity (Wildman–Crippen MR) is 95.2 cm³/mol. The van der Waals surface area contributed by atoms with Gasteiger partial charge in [-0.25, -0.2) is 9.37 Å². The highest BCUT2D eigenvalue weighted by Gasteiger charge is 2.31. The summed E-state index contributed by atoms with van der Waals surface area (Å²) in [6.07, 6.45) is 4.51. The van der Waals surface area contributed by atoms with E-state index in [1.165, 1.54) is 30.7 Å². The number of aromatic nitrogens is 2. The SMILES string of the molecule is O=C(N[C@@H]1CCN(C(=O)CCc2cccc(F)c2)C[C@H]1O)c1cnccn1. The Morgan fingerprint density at radius 3 is 2.89 bits per heavy atom. The van der Waals surface area contributed by atoms with E-state index in [2.05, 4.69) is 15.3 Å². The number of nitrogens with one attached hydrogen (secondary N) is 1. The van der Waals surface area contributed by atoms with Crippen LogP contribution in [0.15, 0.2) is 42.9 Å². The molecule has 7 nitrogen and oxygen atoms in total. The van der Waals surface area contributed by atoms with Gasteiger partial charge in [-0.1, -0.05) is 12.1 Å². The van der Waals surface area contributed by atoms with Gasteiger partial charge in [0.25, 0.3) is 5.91 Å². The fraction of sp³-hybridized carbons (Fsp3) is 0.368. The smallest absolute Gasteiger partial charge is 0.271 e. The minimum Gasteiger partial charge on any atom is -0.389 e. The summed E-state index contributed by atoms with van der Waals surface area (Å²) in [6, 6.07) is 5.72. The first kappa shape index (κ1) is 18.9. The van der Waals surface area contributed by atoms with Crippen LogP contribution in [-0.2, 0) is 11.2 Å². The predicted octanol–water partition coefficient (Wildman–Crippen LogP) is 0.940. The number of piperidine rings is 1. The number of halogens is 1. The van der Waals surface area contributed by atoms with Gasteiger partial charge in [-0.05, 0) is 30.5 Å². The van der Waals surface area contributed by atoms with Gasteiger partial charge >= 0.3 is 0 Å². The van der Waals surface area contributed by atoms with Crippen LogP contribution in [0.4, 0.5) is 4.39 Å². The van der Waals surface area contributed by atoms with Gasteiger partial charge in [-0.3, -0.25) is 14.6 Å². The molecule has 1 saturated heterocycles. The van der Waals surface area contributed by atoms with Gasteiger partial charge in [-0.2, -0.15) is 0 Å². The molecule has 2 amide bonds. The van der Waals surface area contributed by atoms with Crippen LogP contribution >= 0.6 is 0 Å². The molecule has 1 aromatic carbocycles. The van der Waals surface area contributed by atoms with Crippen molar-refractivity contribution >= 4 is 11.8 Å². The minimum atomic E-state index is -0.863. The Hall–Kier alpha value is -2.87. The first-order chi connectivity index (χ1) is 13.0. The Labute approximate surface area is 156 Å². The number of rotatable bonds is 5. The van der Waals surface area contributed by atoms with Crippen LogP contribution in [0.1, 0.15) is 28.9 Å². The molecule has 27 heavy (non-hydrogen) atoms. The second-order valence-electron chi connectivity index (χ2n) is 6.50. The third-order valence-corrected chi connectivity index (χ3v) is 4.56. The molecule has 1 fully saturated rings. The number of aliphatic hydroxyl groups excluding tert-OH is 1. The Morgan fingerprint density at radius 1 is 1.33 bits per heavy atom. The maximum atomic E-state index is 13.2. The molecule has 8 heteroatoms. The van der Waals surface area contributed by atoms with Crippen LogP contribution in [0.25, 0.3) is 0 Å². The number of benzene rings is 1. The van der Waals surface area contributed by atoms with Gasteiger partial charge in [0.2, 0.25) is 5.91 Å². The van der Waals surface area contributed by atoms with Crippen molar-refractivity contribution in [1.29, 1.82) is 0 Å².